The van der Waals surface area contributed by atoms with Crippen molar-refractivity contribution in [1.82, 2.24) is 0 Å². The number of ether oxygens (including phenoxy) is 2. The van der Waals surface area contributed by atoms with Gasteiger partial charge >= 0.3 is 0 Å². The lowest BCUT2D eigenvalue weighted by Crippen LogP contribution is -2.12. The van der Waals surface area contributed by atoms with Gasteiger partial charge in [0.2, 0.25) is 0 Å². The van der Waals surface area contributed by atoms with Crippen molar-refractivity contribution in [2.24, 2.45) is 0 Å². The molecule has 0 aliphatic rings. The zero-order valence-corrected chi connectivity index (χ0v) is 6.67. The van der Waals surface area contributed by atoms with Crippen molar-refractivity contribution in [2.45, 2.75) is 18.9 Å². The summed E-state index contributed by atoms with van der Waals surface area (Å²) in [5, 5.41) is 9.15. The second-order valence-electron chi connectivity index (χ2n) is 2.22. The van der Waals surface area contributed by atoms with Crippen LogP contribution in [0.5, 0.6) is 0 Å². The maximum Gasteiger partial charge on any atom is 0.0584 e. The summed E-state index contributed by atoms with van der Waals surface area (Å²) >= 11 is 0. The zero-order valence-electron chi connectivity index (χ0n) is 6.67. The Balaban J connectivity index is 3.00. The van der Waals surface area contributed by atoms with E-state index >= 15 is 0 Å². The van der Waals surface area contributed by atoms with Crippen molar-refractivity contribution in [3.63, 3.8) is 0 Å². The van der Waals surface area contributed by atoms with Crippen LogP contribution in [0, 0.1) is 0 Å². The van der Waals surface area contributed by atoms with E-state index in [0.717, 1.165) is 0 Å². The van der Waals surface area contributed by atoms with E-state index in [1.165, 1.54) is 0 Å². The Morgan fingerprint density at radius 2 is 1.50 bits per heavy atom. The molecule has 0 radical (unpaired) electrons. The van der Waals surface area contributed by atoms with Gasteiger partial charge in [0.05, 0.1) is 6.10 Å². The van der Waals surface area contributed by atoms with Gasteiger partial charge in [-0.2, -0.15) is 0 Å². The minimum atomic E-state index is -0.278. The summed E-state index contributed by atoms with van der Waals surface area (Å²) in [6.45, 7) is 1.23. The van der Waals surface area contributed by atoms with Crippen molar-refractivity contribution in [1.29, 1.82) is 0 Å². The van der Waals surface area contributed by atoms with E-state index < -0.39 is 0 Å². The Morgan fingerprint density at radius 3 is 1.80 bits per heavy atom. The molecule has 0 aromatic carbocycles. The van der Waals surface area contributed by atoms with Crippen LogP contribution in [0.3, 0.4) is 0 Å². The molecule has 0 aromatic heterocycles. The molecule has 0 aliphatic carbocycles. The molecule has 0 rings (SSSR count). The summed E-state index contributed by atoms with van der Waals surface area (Å²) < 4.78 is 9.58. The number of hydrogen-bond acceptors (Lipinski definition) is 3. The number of aliphatic hydroxyl groups is 1. The van der Waals surface area contributed by atoms with Gasteiger partial charge in [0.1, 0.15) is 0 Å². The summed E-state index contributed by atoms with van der Waals surface area (Å²) in [5.41, 5.74) is 0. The molecule has 0 amide bonds. The van der Waals surface area contributed by atoms with Crippen molar-refractivity contribution < 1.29 is 14.6 Å². The third-order valence-corrected chi connectivity index (χ3v) is 1.31. The fourth-order valence-corrected chi connectivity index (χ4v) is 0.652. The SMILES string of the molecule is COCCC(O)CCOC. The number of rotatable bonds is 6. The van der Waals surface area contributed by atoms with Crippen molar-refractivity contribution in [2.75, 3.05) is 27.4 Å². The second-order valence-corrected chi connectivity index (χ2v) is 2.22. The third kappa shape index (κ3) is 6.01. The molecule has 0 saturated carbocycles. The summed E-state index contributed by atoms with van der Waals surface area (Å²) in [5.74, 6) is 0. The molecule has 0 unspecified atom stereocenters. The van der Waals surface area contributed by atoms with Crippen LogP contribution in [0.1, 0.15) is 12.8 Å². The average molecular weight is 148 g/mol. The van der Waals surface area contributed by atoms with Gasteiger partial charge in [-0.3, -0.25) is 0 Å². The zero-order chi connectivity index (χ0) is 7.82. The van der Waals surface area contributed by atoms with Crippen LogP contribution in [-0.2, 0) is 9.47 Å². The normalized spacial score (nSPS) is 10.8. The molecule has 3 heteroatoms. The standard InChI is InChI=1S/C7H16O3/c1-9-5-3-7(8)4-6-10-2/h7-8H,3-6H2,1-2H3. The molecule has 0 heterocycles. The second kappa shape index (κ2) is 6.99. The fraction of sp³-hybridized carbons (Fsp3) is 1.00. The van der Waals surface area contributed by atoms with E-state index in [1.54, 1.807) is 14.2 Å². The first-order valence-corrected chi connectivity index (χ1v) is 3.47. The Labute approximate surface area is 62.0 Å². The monoisotopic (exact) mass is 148 g/mol. The van der Waals surface area contributed by atoms with Gasteiger partial charge in [0, 0.05) is 27.4 Å². The lowest BCUT2D eigenvalue weighted by molar-refractivity contribution is 0.0774. The largest absolute Gasteiger partial charge is 0.393 e. The first-order chi connectivity index (χ1) is 4.81. The van der Waals surface area contributed by atoms with E-state index in [-0.39, 0.29) is 6.10 Å². The van der Waals surface area contributed by atoms with E-state index in [2.05, 4.69) is 0 Å². The Hall–Kier alpha value is -0.120. The maximum absolute atomic E-state index is 9.15. The number of aliphatic hydroxyl groups excluding tert-OH is 1. The van der Waals surface area contributed by atoms with E-state index in [1.807, 2.05) is 0 Å². The highest BCUT2D eigenvalue weighted by molar-refractivity contribution is 4.53. The topological polar surface area (TPSA) is 38.7 Å². The molecule has 3 nitrogen and oxygen atoms in total. The lowest BCUT2D eigenvalue weighted by Gasteiger charge is -2.07. The van der Waals surface area contributed by atoms with Crippen LogP contribution < -0.4 is 0 Å². The van der Waals surface area contributed by atoms with Gasteiger partial charge in [0.25, 0.3) is 0 Å². The van der Waals surface area contributed by atoms with Gasteiger partial charge in [0.15, 0.2) is 0 Å². The first kappa shape index (κ1) is 9.88. The van der Waals surface area contributed by atoms with Crippen molar-refractivity contribution >= 4 is 0 Å². The van der Waals surface area contributed by atoms with Gasteiger partial charge in [-0.1, -0.05) is 0 Å². The van der Waals surface area contributed by atoms with Gasteiger partial charge < -0.3 is 14.6 Å². The van der Waals surface area contributed by atoms with Crippen LogP contribution in [0.15, 0.2) is 0 Å². The average Bonchev–Trinajstić information content (AvgIpc) is 1.97. The minimum absolute atomic E-state index is 0.278. The lowest BCUT2D eigenvalue weighted by atomic mass is 10.2. The summed E-state index contributed by atoms with van der Waals surface area (Å²) in [6, 6.07) is 0. The predicted molar refractivity (Wildman–Crippen MR) is 39.0 cm³/mol. The van der Waals surface area contributed by atoms with Gasteiger partial charge in [-0.15, -0.1) is 0 Å². The first-order valence-electron chi connectivity index (χ1n) is 3.47. The Morgan fingerprint density at radius 1 is 1.10 bits per heavy atom. The van der Waals surface area contributed by atoms with Crippen molar-refractivity contribution in [3.05, 3.63) is 0 Å². The smallest absolute Gasteiger partial charge is 0.0584 e. The molecular formula is C7H16O3. The van der Waals surface area contributed by atoms with Crippen LogP contribution in [0.4, 0.5) is 0 Å². The minimum Gasteiger partial charge on any atom is -0.393 e. The molecule has 1 N–H and O–H groups in total. The molecule has 0 saturated heterocycles. The van der Waals surface area contributed by atoms with Gasteiger partial charge in [-0.25, -0.2) is 0 Å². The van der Waals surface area contributed by atoms with Crippen molar-refractivity contribution in [3.8, 4) is 0 Å². The molecule has 0 bridgehead atoms. The molecule has 62 valence electrons. The summed E-state index contributed by atoms with van der Waals surface area (Å²) in [4.78, 5) is 0. The summed E-state index contributed by atoms with van der Waals surface area (Å²) in [7, 11) is 3.26. The Bertz CT molecular complexity index is 57.9. The fourth-order valence-electron chi connectivity index (χ4n) is 0.652. The van der Waals surface area contributed by atoms with E-state index in [9.17, 15) is 0 Å². The highest BCUT2D eigenvalue weighted by Gasteiger charge is 2.01. The van der Waals surface area contributed by atoms with Crippen LogP contribution >= 0.6 is 0 Å². The molecule has 0 aliphatic heterocycles. The Kier molecular flexibility index (Phi) is 6.91. The number of hydrogen-bond donors (Lipinski definition) is 1. The molecule has 0 spiro atoms. The third-order valence-electron chi connectivity index (χ3n) is 1.31. The molecule has 0 atom stereocenters. The highest BCUT2D eigenvalue weighted by Crippen LogP contribution is 1.97. The van der Waals surface area contributed by atoms with Crippen LogP contribution in [0.25, 0.3) is 0 Å². The van der Waals surface area contributed by atoms with Gasteiger partial charge in [-0.05, 0) is 12.8 Å². The molecular weight excluding hydrogens is 132 g/mol. The summed E-state index contributed by atoms with van der Waals surface area (Å²) in [6.07, 6.45) is 1.11. The maximum atomic E-state index is 9.15. The molecule has 0 aromatic rings. The van der Waals surface area contributed by atoms with E-state index in [0.29, 0.717) is 26.1 Å². The van der Waals surface area contributed by atoms with Crippen LogP contribution in [0.2, 0.25) is 0 Å². The predicted octanol–water partition coefficient (Wildman–Crippen LogP) is 0.420. The highest BCUT2D eigenvalue weighted by atomic mass is 16.5. The number of methoxy groups -OCH3 is 2. The molecule has 0 fully saturated rings. The quantitative estimate of drug-likeness (QED) is 0.593. The van der Waals surface area contributed by atoms with E-state index in [4.69, 9.17) is 14.6 Å². The molecule has 10 heavy (non-hydrogen) atoms. The van der Waals surface area contributed by atoms with Crippen LogP contribution in [-0.4, -0.2) is 38.6 Å².